The van der Waals surface area contributed by atoms with Gasteiger partial charge in [-0.05, 0) is 43.0 Å². The zero-order valence-electron chi connectivity index (χ0n) is 16.5. The van der Waals surface area contributed by atoms with Gasteiger partial charge in [-0.1, -0.05) is 44.2 Å². The molecule has 0 radical (unpaired) electrons. The van der Waals surface area contributed by atoms with Crippen molar-refractivity contribution >= 4 is 22.8 Å². The first-order valence-electron chi connectivity index (χ1n) is 9.52. The molecule has 3 N–H and O–H groups in total. The van der Waals surface area contributed by atoms with Crippen molar-refractivity contribution in [1.82, 2.24) is 20.6 Å². The van der Waals surface area contributed by atoms with Crippen LogP contribution in [0.5, 0.6) is 0 Å². The van der Waals surface area contributed by atoms with Crippen LogP contribution in [0, 0.1) is 12.8 Å². The van der Waals surface area contributed by atoms with Gasteiger partial charge in [0.25, 0.3) is 5.91 Å². The van der Waals surface area contributed by atoms with Gasteiger partial charge in [0.05, 0.1) is 23.6 Å². The molecule has 0 saturated carbocycles. The van der Waals surface area contributed by atoms with E-state index in [9.17, 15) is 9.59 Å². The van der Waals surface area contributed by atoms with Gasteiger partial charge >= 0.3 is 0 Å². The molecule has 0 spiro atoms. The number of carbonyl (C=O) groups excluding carboxylic acids is 2. The number of nitrogens with one attached hydrogen (secondary N) is 3. The summed E-state index contributed by atoms with van der Waals surface area (Å²) in [6.07, 6.45) is 0.747. The van der Waals surface area contributed by atoms with E-state index in [0.717, 1.165) is 28.8 Å². The Morgan fingerprint density at radius 3 is 2.50 bits per heavy atom. The SMILES string of the molecule is Cc1ccccc1C(=O)NCC(=O)NC(CC(C)C)c1nc2ccccc2[nH]1. The van der Waals surface area contributed by atoms with E-state index in [2.05, 4.69) is 34.4 Å². The number of H-pyrrole nitrogens is 1. The Labute approximate surface area is 164 Å². The number of carbonyl (C=O) groups is 2. The molecule has 1 unspecified atom stereocenters. The van der Waals surface area contributed by atoms with Crippen LogP contribution in [-0.4, -0.2) is 28.3 Å². The van der Waals surface area contributed by atoms with Crippen molar-refractivity contribution in [2.24, 2.45) is 5.92 Å². The minimum Gasteiger partial charge on any atom is -0.345 e. The molecule has 0 bridgehead atoms. The summed E-state index contributed by atoms with van der Waals surface area (Å²) in [5.41, 5.74) is 3.26. The van der Waals surface area contributed by atoms with Gasteiger partial charge in [0.15, 0.2) is 0 Å². The smallest absolute Gasteiger partial charge is 0.251 e. The molecule has 2 amide bonds. The van der Waals surface area contributed by atoms with Crippen LogP contribution in [-0.2, 0) is 4.79 Å². The number of aromatic amines is 1. The van der Waals surface area contributed by atoms with E-state index in [-0.39, 0.29) is 24.4 Å². The summed E-state index contributed by atoms with van der Waals surface area (Å²) < 4.78 is 0. The van der Waals surface area contributed by atoms with Crippen LogP contribution in [0.2, 0.25) is 0 Å². The van der Waals surface area contributed by atoms with E-state index in [4.69, 9.17) is 0 Å². The highest BCUT2D eigenvalue weighted by Crippen LogP contribution is 2.21. The molecule has 2 aromatic carbocycles. The van der Waals surface area contributed by atoms with Crippen LogP contribution < -0.4 is 10.6 Å². The number of fused-ring (bicyclic) bond motifs is 1. The largest absolute Gasteiger partial charge is 0.345 e. The summed E-state index contributed by atoms with van der Waals surface area (Å²) in [4.78, 5) is 32.7. The number of rotatable bonds is 7. The molecular weight excluding hydrogens is 352 g/mol. The maximum absolute atomic E-state index is 12.5. The van der Waals surface area contributed by atoms with Gasteiger partial charge in [-0.25, -0.2) is 4.98 Å². The number of amides is 2. The molecule has 3 rings (SSSR count). The van der Waals surface area contributed by atoms with Crippen molar-refractivity contribution in [3.63, 3.8) is 0 Å². The third kappa shape index (κ3) is 4.76. The van der Waals surface area contributed by atoms with E-state index in [0.29, 0.717) is 11.5 Å². The van der Waals surface area contributed by atoms with Crippen LogP contribution in [0.4, 0.5) is 0 Å². The maximum Gasteiger partial charge on any atom is 0.251 e. The Balaban J connectivity index is 1.66. The van der Waals surface area contributed by atoms with Crippen LogP contribution in [0.25, 0.3) is 11.0 Å². The molecule has 0 aliphatic carbocycles. The molecular formula is C22H26N4O2. The average molecular weight is 378 g/mol. The lowest BCUT2D eigenvalue weighted by Crippen LogP contribution is -2.39. The van der Waals surface area contributed by atoms with Gasteiger partial charge in [0.2, 0.25) is 5.91 Å². The molecule has 0 aliphatic heterocycles. The summed E-state index contributed by atoms with van der Waals surface area (Å²) in [5, 5.41) is 5.69. The van der Waals surface area contributed by atoms with Gasteiger partial charge in [-0.15, -0.1) is 0 Å². The minimum absolute atomic E-state index is 0.0814. The first kappa shape index (κ1) is 19.6. The lowest BCUT2D eigenvalue weighted by molar-refractivity contribution is -0.121. The first-order chi connectivity index (χ1) is 13.4. The minimum atomic E-state index is -0.252. The predicted octanol–water partition coefficient (Wildman–Crippen LogP) is 3.50. The molecule has 0 aliphatic rings. The fourth-order valence-corrected chi connectivity index (χ4v) is 3.18. The first-order valence-corrected chi connectivity index (χ1v) is 9.52. The fourth-order valence-electron chi connectivity index (χ4n) is 3.18. The van der Waals surface area contributed by atoms with Crippen LogP contribution in [0.3, 0.4) is 0 Å². The third-order valence-electron chi connectivity index (χ3n) is 4.58. The molecule has 28 heavy (non-hydrogen) atoms. The second-order valence-corrected chi connectivity index (χ2v) is 7.39. The fraction of sp³-hybridized carbons (Fsp3) is 0.318. The second-order valence-electron chi connectivity index (χ2n) is 7.39. The summed E-state index contributed by atoms with van der Waals surface area (Å²) in [7, 11) is 0. The Morgan fingerprint density at radius 1 is 1.07 bits per heavy atom. The van der Waals surface area contributed by atoms with Crippen molar-refractivity contribution in [2.75, 3.05) is 6.54 Å². The quantitative estimate of drug-likeness (QED) is 0.588. The van der Waals surface area contributed by atoms with E-state index in [1.165, 1.54) is 0 Å². The highest BCUT2D eigenvalue weighted by molar-refractivity contribution is 5.97. The van der Waals surface area contributed by atoms with Gasteiger partial charge < -0.3 is 15.6 Å². The monoisotopic (exact) mass is 378 g/mol. The van der Waals surface area contributed by atoms with Crippen molar-refractivity contribution in [3.8, 4) is 0 Å². The van der Waals surface area contributed by atoms with E-state index in [1.807, 2.05) is 49.4 Å². The Kier molecular flexibility index (Phi) is 6.09. The van der Waals surface area contributed by atoms with Crippen LogP contribution in [0.15, 0.2) is 48.5 Å². The molecule has 0 saturated heterocycles. The second kappa shape index (κ2) is 8.69. The topological polar surface area (TPSA) is 86.9 Å². The molecule has 0 fully saturated rings. The highest BCUT2D eigenvalue weighted by Gasteiger charge is 2.20. The third-order valence-corrected chi connectivity index (χ3v) is 4.58. The average Bonchev–Trinajstić information content (AvgIpc) is 3.10. The number of aryl methyl sites for hydroxylation is 1. The Bertz CT molecular complexity index is 944. The molecule has 6 nitrogen and oxygen atoms in total. The summed E-state index contributed by atoms with van der Waals surface area (Å²) in [5.74, 6) is 0.610. The highest BCUT2D eigenvalue weighted by atomic mass is 16.2. The predicted molar refractivity (Wildman–Crippen MR) is 110 cm³/mol. The van der Waals surface area contributed by atoms with Crippen molar-refractivity contribution in [1.29, 1.82) is 0 Å². The summed E-state index contributed by atoms with van der Waals surface area (Å²) >= 11 is 0. The van der Waals surface area contributed by atoms with Gasteiger partial charge in [-0.2, -0.15) is 0 Å². The normalized spacial score (nSPS) is 12.1. The zero-order chi connectivity index (χ0) is 20.1. The molecule has 6 heteroatoms. The van der Waals surface area contributed by atoms with Crippen LogP contribution in [0.1, 0.15) is 48.1 Å². The zero-order valence-corrected chi connectivity index (χ0v) is 16.5. The Hall–Kier alpha value is -3.15. The number of aromatic nitrogens is 2. The Morgan fingerprint density at radius 2 is 1.79 bits per heavy atom. The van der Waals surface area contributed by atoms with E-state index < -0.39 is 0 Å². The number of hydrogen-bond acceptors (Lipinski definition) is 3. The van der Waals surface area contributed by atoms with E-state index in [1.54, 1.807) is 6.07 Å². The van der Waals surface area contributed by atoms with Crippen molar-refractivity contribution < 1.29 is 9.59 Å². The number of benzene rings is 2. The lowest BCUT2D eigenvalue weighted by Gasteiger charge is -2.19. The number of nitrogens with zero attached hydrogens (tertiary/aromatic N) is 1. The molecule has 1 aromatic heterocycles. The number of imidazole rings is 1. The molecule has 146 valence electrons. The number of hydrogen-bond donors (Lipinski definition) is 3. The lowest BCUT2D eigenvalue weighted by atomic mass is 10.0. The van der Waals surface area contributed by atoms with Crippen molar-refractivity contribution in [2.45, 2.75) is 33.2 Å². The van der Waals surface area contributed by atoms with Gasteiger partial charge in [0, 0.05) is 5.56 Å². The van der Waals surface area contributed by atoms with Crippen LogP contribution >= 0.6 is 0 Å². The van der Waals surface area contributed by atoms with Crippen molar-refractivity contribution in [3.05, 3.63) is 65.5 Å². The maximum atomic E-state index is 12.5. The standard InChI is InChI=1S/C22H26N4O2/c1-14(2)12-19(21-25-17-10-6-7-11-18(17)26-21)24-20(27)13-23-22(28)16-9-5-4-8-15(16)3/h4-11,14,19H,12-13H2,1-3H3,(H,23,28)(H,24,27)(H,25,26). The summed E-state index contributed by atoms with van der Waals surface area (Å²) in [6, 6.07) is 14.8. The van der Waals surface area contributed by atoms with Gasteiger partial charge in [0.1, 0.15) is 5.82 Å². The number of para-hydroxylation sites is 2. The molecule has 1 atom stereocenters. The molecule has 1 heterocycles. The van der Waals surface area contributed by atoms with Gasteiger partial charge in [-0.3, -0.25) is 9.59 Å². The molecule has 3 aromatic rings. The van der Waals surface area contributed by atoms with E-state index >= 15 is 0 Å². The summed E-state index contributed by atoms with van der Waals surface area (Å²) in [6.45, 7) is 5.99.